The van der Waals surface area contributed by atoms with Crippen LogP contribution in [0.15, 0.2) is 24.3 Å². The molecule has 0 spiro atoms. The average molecular weight is 395 g/mol. The van der Waals surface area contributed by atoms with Crippen LogP contribution < -0.4 is 0 Å². The molecule has 1 saturated carbocycles. The van der Waals surface area contributed by atoms with Crippen LogP contribution in [0.1, 0.15) is 31.2 Å². The van der Waals surface area contributed by atoms with Gasteiger partial charge in [-0.1, -0.05) is 68.4 Å². The summed E-state index contributed by atoms with van der Waals surface area (Å²) in [5.41, 5.74) is 1.75. The summed E-state index contributed by atoms with van der Waals surface area (Å²) in [5.74, 6) is 0.840. The second-order valence-corrected chi connectivity index (χ2v) is 6.97. The molecule has 100 valence electrons. The van der Waals surface area contributed by atoms with E-state index in [-0.39, 0.29) is 0 Å². The Labute approximate surface area is 132 Å². The van der Waals surface area contributed by atoms with Crippen LogP contribution in [-0.4, -0.2) is 10.7 Å². The third-order valence-electron chi connectivity index (χ3n) is 4.22. The van der Waals surface area contributed by atoms with Gasteiger partial charge in [-0.2, -0.15) is 0 Å². The highest BCUT2D eigenvalue weighted by Crippen LogP contribution is 2.44. The molecule has 18 heavy (non-hydrogen) atoms. The van der Waals surface area contributed by atoms with Crippen molar-refractivity contribution < 1.29 is 0 Å². The van der Waals surface area contributed by atoms with Gasteiger partial charge in [0.1, 0.15) is 0 Å². The maximum absolute atomic E-state index is 5.96. The van der Waals surface area contributed by atoms with E-state index in [2.05, 4.69) is 44.0 Å². The zero-order valence-corrected chi connectivity index (χ0v) is 14.4. The normalized spacial score (nSPS) is 17.3. The first-order valence-electron chi connectivity index (χ1n) is 6.56. The van der Waals surface area contributed by atoms with Crippen LogP contribution in [0, 0.1) is 11.3 Å². The van der Waals surface area contributed by atoms with E-state index >= 15 is 0 Å². The van der Waals surface area contributed by atoms with Crippen molar-refractivity contribution in [1.29, 1.82) is 0 Å². The molecular formula is C15H19Br2Cl. The summed E-state index contributed by atoms with van der Waals surface area (Å²) in [6, 6.07) is 8.33. The smallest absolute Gasteiger partial charge is 0.0406 e. The lowest BCUT2D eigenvalue weighted by Crippen LogP contribution is -2.35. The molecule has 0 amide bonds. The summed E-state index contributed by atoms with van der Waals surface area (Å²) in [7, 11) is 0. The average Bonchev–Trinajstić information content (AvgIpc) is 2.93. The number of rotatable bonds is 5. The van der Waals surface area contributed by atoms with Crippen LogP contribution in [0.2, 0.25) is 5.02 Å². The fourth-order valence-electron chi connectivity index (χ4n) is 3.04. The van der Waals surface area contributed by atoms with Crippen molar-refractivity contribution >= 4 is 43.5 Å². The van der Waals surface area contributed by atoms with Crippen molar-refractivity contribution in [3.63, 3.8) is 0 Å². The Morgan fingerprint density at radius 2 is 1.61 bits per heavy atom. The van der Waals surface area contributed by atoms with Gasteiger partial charge < -0.3 is 0 Å². The van der Waals surface area contributed by atoms with Crippen molar-refractivity contribution in [2.24, 2.45) is 11.3 Å². The van der Waals surface area contributed by atoms with E-state index in [0.29, 0.717) is 5.41 Å². The monoisotopic (exact) mass is 392 g/mol. The predicted octanol–water partition coefficient (Wildman–Crippen LogP) is 5.85. The molecule has 1 aromatic rings. The second-order valence-electron chi connectivity index (χ2n) is 5.41. The summed E-state index contributed by atoms with van der Waals surface area (Å²) < 4.78 is 0. The Balaban J connectivity index is 2.16. The van der Waals surface area contributed by atoms with Crippen LogP contribution in [0.4, 0.5) is 0 Å². The fourth-order valence-corrected chi connectivity index (χ4v) is 5.41. The zero-order chi connectivity index (χ0) is 13.0. The van der Waals surface area contributed by atoms with Gasteiger partial charge in [-0.15, -0.1) is 0 Å². The fraction of sp³-hybridized carbons (Fsp3) is 0.600. The molecule has 1 aromatic carbocycles. The van der Waals surface area contributed by atoms with E-state index in [0.717, 1.165) is 28.0 Å². The number of hydrogen-bond acceptors (Lipinski definition) is 0. The van der Waals surface area contributed by atoms with Gasteiger partial charge >= 0.3 is 0 Å². The van der Waals surface area contributed by atoms with Crippen LogP contribution in [0.3, 0.4) is 0 Å². The second kappa shape index (κ2) is 6.76. The van der Waals surface area contributed by atoms with E-state index in [1.54, 1.807) is 0 Å². The lowest BCUT2D eigenvalue weighted by molar-refractivity contribution is 0.233. The molecule has 0 atom stereocenters. The van der Waals surface area contributed by atoms with E-state index < -0.39 is 0 Å². The molecule has 0 heterocycles. The van der Waals surface area contributed by atoms with Crippen molar-refractivity contribution in [3.05, 3.63) is 34.9 Å². The van der Waals surface area contributed by atoms with Gasteiger partial charge in [-0.05, 0) is 48.3 Å². The summed E-state index contributed by atoms with van der Waals surface area (Å²) >= 11 is 13.5. The molecule has 0 radical (unpaired) electrons. The van der Waals surface area contributed by atoms with Gasteiger partial charge in [0.2, 0.25) is 0 Å². The number of alkyl halides is 2. The SMILES string of the molecule is Clc1ccc(CC(CBr)(CBr)C2CCCC2)cc1. The Hall–Kier alpha value is 0.470. The quantitative estimate of drug-likeness (QED) is 0.550. The lowest BCUT2D eigenvalue weighted by Gasteiger charge is -2.36. The molecule has 1 fully saturated rings. The number of benzene rings is 1. The van der Waals surface area contributed by atoms with E-state index in [1.165, 1.54) is 31.2 Å². The Kier molecular flexibility index (Phi) is 5.59. The number of halogens is 3. The molecule has 0 bridgehead atoms. The molecule has 0 nitrogen and oxygen atoms in total. The topological polar surface area (TPSA) is 0 Å². The molecule has 0 aliphatic heterocycles. The first kappa shape index (κ1) is 14.9. The summed E-state index contributed by atoms with van der Waals surface area (Å²) in [4.78, 5) is 0. The molecule has 1 aliphatic rings. The van der Waals surface area contributed by atoms with Gasteiger partial charge in [0.05, 0.1) is 0 Å². The maximum Gasteiger partial charge on any atom is 0.0406 e. The Bertz CT molecular complexity index is 365. The molecular weight excluding hydrogens is 375 g/mol. The molecule has 2 rings (SSSR count). The highest BCUT2D eigenvalue weighted by Gasteiger charge is 2.38. The van der Waals surface area contributed by atoms with Crippen LogP contribution >= 0.6 is 43.5 Å². The van der Waals surface area contributed by atoms with Crippen LogP contribution in [0.5, 0.6) is 0 Å². The van der Waals surface area contributed by atoms with Gasteiger partial charge in [0.25, 0.3) is 0 Å². The first-order chi connectivity index (χ1) is 8.70. The summed E-state index contributed by atoms with van der Waals surface area (Å²) in [6.45, 7) is 0. The van der Waals surface area contributed by atoms with Gasteiger partial charge in [-0.25, -0.2) is 0 Å². The molecule has 0 aromatic heterocycles. The molecule has 0 N–H and O–H groups in total. The van der Waals surface area contributed by atoms with Crippen molar-refractivity contribution in [3.8, 4) is 0 Å². The third kappa shape index (κ3) is 3.32. The van der Waals surface area contributed by atoms with Gasteiger partial charge in [0, 0.05) is 15.7 Å². The first-order valence-corrected chi connectivity index (χ1v) is 9.19. The molecule has 1 aliphatic carbocycles. The lowest BCUT2D eigenvalue weighted by atomic mass is 9.73. The molecule has 3 heteroatoms. The van der Waals surface area contributed by atoms with Crippen molar-refractivity contribution in [1.82, 2.24) is 0 Å². The molecule has 0 saturated heterocycles. The third-order valence-corrected chi connectivity index (χ3v) is 6.71. The minimum absolute atomic E-state index is 0.352. The summed E-state index contributed by atoms with van der Waals surface area (Å²) in [5, 5.41) is 2.96. The number of hydrogen-bond donors (Lipinski definition) is 0. The van der Waals surface area contributed by atoms with Crippen molar-refractivity contribution in [2.45, 2.75) is 32.1 Å². The Morgan fingerprint density at radius 3 is 2.11 bits per heavy atom. The maximum atomic E-state index is 5.96. The van der Waals surface area contributed by atoms with E-state index in [1.807, 2.05) is 12.1 Å². The van der Waals surface area contributed by atoms with E-state index in [4.69, 9.17) is 11.6 Å². The highest BCUT2D eigenvalue weighted by molar-refractivity contribution is 9.09. The van der Waals surface area contributed by atoms with E-state index in [9.17, 15) is 0 Å². The van der Waals surface area contributed by atoms with Crippen LogP contribution in [-0.2, 0) is 6.42 Å². The van der Waals surface area contributed by atoms with Gasteiger partial charge in [0.15, 0.2) is 0 Å². The highest BCUT2D eigenvalue weighted by atomic mass is 79.9. The minimum atomic E-state index is 0.352. The van der Waals surface area contributed by atoms with Gasteiger partial charge in [-0.3, -0.25) is 0 Å². The van der Waals surface area contributed by atoms with Crippen LogP contribution in [0.25, 0.3) is 0 Å². The zero-order valence-electron chi connectivity index (χ0n) is 10.5. The molecule has 0 unspecified atom stereocenters. The van der Waals surface area contributed by atoms with Crippen molar-refractivity contribution in [2.75, 3.05) is 10.7 Å². The predicted molar refractivity (Wildman–Crippen MR) is 87.1 cm³/mol. The summed E-state index contributed by atoms with van der Waals surface area (Å²) in [6.07, 6.45) is 6.68. The largest absolute Gasteiger partial charge is 0.0921 e. The standard InChI is InChI=1S/C15H19Br2Cl/c16-10-15(11-17,13-3-1-2-4-13)9-12-5-7-14(18)8-6-12/h5-8,13H,1-4,9-11H2. The Morgan fingerprint density at radius 1 is 1.06 bits per heavy atom. The minimum Gasteiger partial charge on any atom is -0.0921 e.